The molecule has 1 aromatic heterocycles. The Kier molecular flexibility index (Phi) is 8.04. The van der Waals surface area contributed by atoms with E-state index in [1.54, 1.807) is 25.7 Å². The van der Waals surface area contributed by atoms with Crippen molar-refractivity contribution in [2.24, 2.45) is 5.92 Å². The van der Waals surface area contributed by atoms with Crippen LogP contribution in [-0.4, -0.2) is 64.3 Å². The van der Waals surface area contributed by atoms with E-state index in [0.717, 1.165) is 0 Å². The Bertz CT molecular complexity index is 722. The summed E-state index contributed by atoms with van der Waals surface area (Å²) in [6.07, 6.45) is 2.50. The Hall–Kier alpha value is -2.36. The maximum atomic E-state index is 12.7. The fourth-order valence-corrected chi connectivity index (χ4v) is 3.69. The molecule has 0 aromatic carbocycles. The summed E-state index contributed by atoms with van der Waals surface area (Å²) in [5.74, 6) is -0.951. The van der Waals surface area contributed by atoms with Crippen molar-refractivity contribution in [3.8, 4) is 0 Å². The average Bonchev–Trinajstić information content (AvgIpc) is 2.68. The summed E-state index contributed by atoms with van der Waals surface area (Å²) in [6.45, 7) is 6.86. The van der Waals surface area contributed by atoms with Gasteiger partial charge in [0.25, 0.3) is 0 Å². The molecule has 28 heavy (non-hydrogen) atoms. The lowest BCUT2D eigenvalue weighted by Crippen LogP contribution is -2.43. The Labute approximate surface area is 168 Å². The van der Waals surface area contributed by atoms with Gasteiger partial charge < -0.3 is 20.1 Å². The third-order valence-electron chi connectivity index (χ3n) is 4.35. The average molecular weight is 410 g/mol. The molecular weight excluding hydrogens is 384 g/mol. The fraction of sp³-hybridized carbons (Fsp3) is 0.611. The van der Waals surface area contributed by atoms with E-state index >= 15 is 0 Å². The van der Waals surface area contributed by atoms with Gasteiger partial charge in [-0.25, -0.2) is 14.8 Å². The first-order valence-corrected chi connectivity index (χ1v) is 10.2. The second kappa shape index (κ2) is 10.3. The Morgan fingerprint density at radius 2 is 1.89 bits per heavy atom. The van der Waals surface area contributed by atoms with Gasteiger partial charge in [-0.15, -0.1) is 0 Å². The van der Waals surface area contributed by atoms with Gasteiger partial charge >= 0.3 is 11.9 Å². The molecule has 1 saturated heterocycles. The maximum absolute atomic E-state index is 12.7. The highest BCUT2D eigenvalue weighted by molar-refractivity contribution is 8.00. The van der Waals surface area contributed by atoms with Crippen LogP contribution in [0.4, 0.5) is 5.82 Å². The van der Waals surface area contributed by atoms with E-state index in [-0.39, 0.29) is 35.8 Å². The Balaban J connectivity index is 1.91. The van der Waals surface area contributed by atoms with Gasteiger partial charge in [0.05, 0.1) is 24.4 Å². The Morgan fingerprint density at radius 1 is 1.25 bits per heavy atom. The van der Waals surface area contributed by atoms with Crippen LogP contribution >= 0.6 is 11.8 Å². The first-order valence-electron chi connectivity index (χ1n) is 9.29. The summed E-state index contributed by atoms with van der Waals surface area (Å²) >= 11 is 1.17. The highest BCUT2D eigenvalue weighted by Crippen LogP contribution is 2.25. The topological polar surface area (TPSA) is 125 Å². The second-order valence-electron chi connectivity index (χ2n) is 6.28. The quantitative estimate of drug-likeness (QED) is 0.404. The normalized spacial score (nSPS) is 15.8. The van der Waals surface area contributed by atoms with E-state index in [1.807, 2.05) is 0 Å². The highest BCUT2D eigenvalue weighted by atomic mass is 32.2. The fourth-order valence-electron chi connectivity index (χ4n) is 2.86. The van der Waals surface area contributed by atoms with Crippen molar-refractivity contribution in [3.05, 3.63) is 11.8 Å². The van der Waals surface area contributed by atoms with Crippen molar-refractivity contribution in [1.29, 1.82) is 0 Å². The molecule has 1 fully saturated rings. The van der Waals surface area contributed by atoms with Gasteiger partial charge in [-0.3, -0.25) is 9.59 Å². The molecule has 0 unspecified atom stereocenters. The van der Waals surface area contributed by atoms with Crippen LogP contribution in [0.5, 0.6) is 0 Å². The zero-order chi connectivity index (χ0) is 20.7. The third-order valence-corrected chi connectivity index (χ3v) is 5.31. The summed E-state index contributed by atoms with van der Waals surface area (Å²) in [4.78, 5) is 46.2. The number of amides is 1. The van der Waals surface area contributed by atoms with E-state index in [4.69, 9.17) is 15.2 Å². The number of carbonyl (C=O) groups is 3. The summed E-state index contributed by atoms with van der Waals surface area (Å²) in [5, 5.41) is -0.111. The van der Waals surface area contributed by atoms with E-state index in [9.17, 15) is 14.4 Å². The second-order valence-corrected chi connectivity index (χ2v) is 7.59. The summed E-state index contributed by atoms with van der Waals surface area (Å²) in [6, 6.07) is 0. The molecule has 1 aliphatic rings. The molecule has 1 amide bonds. The molecule has 1 aromatic rings. The lowest BCUT2D eigenvalue weighted by atomic mass is 9.97. The van der Waals surface area contributed by atoms with Gasteiger partial charge in [0.15, 0.2) is 5.16 Å². The minimum Gasteiger partial charge on any atom is -0.466 e. The number of likely N-dealkylation sites (tertiary alicyclic amines) is 1. The van der Waals surface area contributed by atoms with E-state index in [2.05, 4.69) is 9.97 Å². The Morgan fingerprint density at radius 3 is 2.46 bits per heavy atom. The monoisotopic (exact) mass is 410 g/mol. The predicted molar refractivity (Wildman–Crippen MR) is 104 cm³/mol. The first-order chi connectivity index (χ1) is 13.4. The van der Waals surface area contributed by atoms with Crippen molar-refractivity contribution in [2.75, 3.05) is 32.0 Å². The molecule has 154 valence electrons. The molecule has 9 nitrogen and oxygen atoms in total. The number of anilines is 1. The van der Waals surface area contributed by atoms with Crippen LogP contribution in [0, 0.1) is 5.92 Å². The van der Waals surface area contributed by atoms with E-state index in [1.165, 1.54) is 18.0 Å². The van der Waals surface area contributed by atoms with Gasteiger partial charge in [-0.05, 0) is 33.6 Å². The number of nitrogen functional groups attached to an aromatic ring is 1. The van der Waals surface area contributed by atoms with Crippen molar-refractivity contribution in [2.45, 2.75) is 44.0 Å². The molecule has 1 aliphatic heterocycles. The van der Waals surface area contributed by atoms with Gasteiger partial charge in [0, 0.05) is 19.3 Å². The number of nitrogens with zero attached hydrogens (tertiary/aromatic N) is 3. The maximum Gasteiger partial charge on any atom is 0.343 e. The smallest absolute Gasteiger partial charge is 0.343 e. The lowest BCUT2D eigenvalue weighted by Gasteiger charge is -2.32. The number of rotatable bonds is 7. The zero-order valence-corrected chi connectivity index (χ0v) is 17.2. The van der Waals surface area contributed by atoms with Gasteiger partial charge in [0.2, 0.25) is 5.91 Å². The van der Waals surface area contributed by atoms with Crippen LogP contribution in [0.3, 0.4) is 0 Å². The van der Waals surface area contributed by atoms with E-state index in [0.29, 0.717) is 37.7 Å². The molecule has 0 aliphatic carbocycles. The van der Waals surface area contributed by atoms with Crippen molar-refractivity contribution in [1.82, 2.24) is 14.9 Å². The molecule has 0 saturated carbocycles. The van der Waals surface area contributed by atoms with Gasteiger partial charge in [-0.1, -0.05) is 11.8 Å². The number of ether oxygens (including phenoxy) is 2. The number of hydrogen-bond donors (Lipinski definition) is 1. The molecule has 1 atom stereocenters. The molecule has 0 bridgehead atoms. The number of hydrogen-bond acceptors (Lipinski definition) is 9. The van der Waals surface area contributed by atoms with Crippen molar-refractivity contribution < 1.29 is 23.9 Å². The van der Waals surface area contributed by atoms with Crippen LogP contribution in [-0.2, 0) is 19.1 Å². The van der Waals surface area contributed by atoms with Crippen molar-refractivity contribution >= 4 is 35.4 Å². The number of esters is 2. The summed E-state index contributed by atoms with van der Waals surface area (Å²) in [7, 11) is 0. The molecule has 2 N–H and O–H groups in total. The number of nitrogens with two attached hydrogens (primary N) is 1. The lowest BCUT2D eigenvalue weighted by molar-refractivity contribution is -0.151. The van der Waals surface area contributed by atoms with E-state index < -0.39 is 11.2 Å². The molecule has 0 radical (unpaired) electrons. The van der Waals surface area contributed by atoms with Crippen LogP contribution in [0.2, 0.25) is 0 Å². The summed E-state index contributed by atoms with van der Waals surface area (Å²) in [5.41, 5.74) is 5.91. The number of thioether (sulfide) groups is 1. The van der Waals surface area contributed by atoms with Crippen molar-refractivity contribution in [3.63, 3.8) is 0 Å². The van der Waals surface area contributed by atoms with Gasteiger partial charge in [-0.2, -0.15) is 0 Å². The highest BCUT2D eigenvalue weighted by Gasteiger charge is 2.30. The van der Waals surface area contributed by atoms with Crippen LogP contribution < -0.4 is 5.73 Å². The van der Waals surface area contributed by atoms with Crippen LogP contribution in [0.1, 0.15) is 44.0 Å². The molecule has 10 heteroatoms. The van der Waals surface area contributed by atoms with Crippen LogP contribution in [0.25, 0.3) is 0 Å². The van der Waals surface area contributed by atoms with Crippen LogP contribution in [0.15, 0.2) is 11.4 Å². The molecule has 2 heterocycles. The molecule has 2 rings (SSSR count). The third kappa shape index (κ3) is 5.57. The molecule has 0 spiro atoms. The summed E-state index contributed by atoms with van der Waals surface area (Å²) < 4.78 is 9.94. The first kappa shape index (κ1) is 21.9. The number of aromatic nitrogens is 2. The minimum absolute atomic E-state index is 0.0193. The zero-order valence-electron chi connectivity index (χ0n) is 16.3. The SMILES string of the molecule is CCOC(=O)c1cnc(S[C@@H](C)C(=O)N2CCC(C(=O)OCC)CC2)nc1N. The largest absolute Gasteiger partial charge is 0.466 e. The predicted octanol–water partition coefficient (Wildman–Crippen LogP) is 1.52. The standard InChI is InChI=1S/C18H26N4O5S/c1-4-26-16(24)12-6-8-22(9-7-12)15(23)11(3)28-18-20-10-13(14(19)21-18)17(25)27-5-2/h10-12H,4-9H2,1-3H3,(H2,19,20,21)/t11-/m0/s1. The molecular formula is C18H26N4O5S. The van der Waals surface area contributed by atoms with Gasteiger partial charge in [0.1, 0.15) is 11.4 Å². The number of carbonyl (C=O) groups excluding carboxylic acids is 3. The number of piperidine rings is 1. The minimum atomic E-state index is -0.579.